The number of nitrogens with zero attached hydrogens (tertiary/aromatic N) is 2. The Balaban J connectivity index is 1.41. The SMILES string of the molecule is COC(=O)C1=C(C)NC(C)=C(C(=O)OCCOC(=O)/C=C/c2ccc(Cn3ccnc3)cc2)C1c1ccccc1C(F)(F)F. The number of allylic oxidation sites excluding steroid dienone is 2. The maximum absolute atomic E-state index is 14.0. The first-order valence-electron chi connectivity index (χ1n) is 13.5. The standard InChI is InChI=1S/C32H30F3N3O6/c1-20-27(30(40)42-3)29(24-6-4-5-7-25(24)32(33,34)35)28(21(2)37-20)31(41)44-17-16-43-26(39)13-12-22-8-10-23(11-9-22)18-38-15-14-36-19-38/h4-15,19,29,37H,16-18H2,1-3H3/b13-12+. The van der Waals surface area contributed by atoms with Crippen molar-refractivity contribution in [2.75, 3.05) is 20.3 Å². The summed E-state index contributed by atoms with van der Waals surface area (Å²) in [5, 5.41) is 2.87. The molecule has 1 atom stereocenters. The van der Waals surface area contributed by atoms with Crippen molar-refractivity contribution in [3.8, 4) is 0 Å². The molecule has 0 fully saturated rings. The number of nitrogens with one attached hydrogen (secondary N) is 1. The Hall–Kier alpha value is -5.13. The third kappa shape index (κ3) is 7.63. The van der Waals surface area contributed by atoms with Crippen LogP contribution in [0.15, 0.2) is 95.9 Å². The number of hydrogen-bond acceptors (Lipinski definition) is 8. The van der Waals surface area contributed by atoms with E-state index in [4.69, 9.17) is 14.2 Å². The summed E-state index contributed by atoms with van der Waals surface area (Å²) in [5.41, 5.74) is 0.594. The van der Waals surface area contributed by atoms with Crippen LogP contribution >= 0.6 is 0 Å². The van der Waals surface area contributed by atoms with Crippen LogP contribution in [0.4, 0.5) is 13.2 Å². The van der Waals surface area contributed by atoms with E-state index >= 15 is 0 Å². The molecule has 1 aromatic heterocycles. The number of aromatic nitrogens is 2. The minimum absolute atomic E-state index is 0.159. The molecule has 1 N–H and O–H groups in total. The van der Waals surface area contributed by atoms with Gasteiger partial charge in [0.25, 0.3) is 0 Å². The predicted molar refractivity (Wildman–Crippen MR) is 153 cm³/mol. The maximum Gasteiger partial charge on any atom is 0.416 e. The molecule has 0 saturated heterocycles. The van der Waals surface area contributed by atoms with E-state index < -0.39 is 35.6 Å². The molecule has 12 heteroatoms. The van der Waals surface area contributed by atoms with Crippen molar-refractivity contribution < 1.29 is 41.8 Å². The van der Waals surface area contributed by atoms with E-state index in [1.54, 1.807) is 18.6 Å². The highest BCUT2D eigenvalue weighted by Gasteiger charge is 2.43. The summed E-state index contributed by atoms with van der Waals surface area (Å²) in [7, 11) is 1.10. The topological polar surface area (TPSA) is 109 Å². The smallest absolute Gasteiger partial charge is 0.416 e. The number of carbonyl (C=O) groups is 3. The number of halogens is 3. The fourth-order valence-corrected chi connectivity index (χ4v) is 4.85. The van der Waals surface area contributed by atoms with Crippen molar-refractivity contribution in [2.24, 2.45) is 0 Å². The number of carbonyl (C=O) groups excluding carboxylic acids is 3. The van der Waals surface area contributed by atoms with Gasteiger partial charge in [-0.25, -0.2) is 19.4 Å². The highest BCUT2D eigenvalue weighted by atomic mass is 19.4. The van der Waals surface area contributed by atoms with Gasteiger partial charge in [-0.1, -0.05) is 42.5 Å². The molecular formula is C32H30F3N3O6. The van der Waals surface area contributed by atoms with Crippen molar-refractivity contribution in [2.45, 2.75) is 32.5 Å². The van der Waals surface area contributed by atoms with Crippen LogP contribution in [0, 0.1) is 0 Å². The maximum atomic E-state index is 14.0. The molecule has 2 heterocycles. The van der Waals surface area contributed by atoms with Crippen molar-refractivity contribution in [1.82, 2.24) is 14.9 Å². The van der Waals surface area contributed by atoms with Crippen molar-refractivity contribution in [3.05, 3.63) is 118 Å². The second-order valence-corrected chi connectivity index (χ2v) is 9.83. The van der Waals surface area contributed by atoms with Crippen LogP contribution in [-0.2, 0) is 41.3 Å². The van der Waals surface area contributed by atoms with Crippen LogP contribution in [0.25, 0.3) is 6.08 Å². The molecule has 1 unspecified atom stereocenters. The monoisotopic (exact) mass is 609 g/mol. The Morgan fingerprint density at radius 3 is 2.25 bits per heavy atom. The van der Waals surface area contributed by atoms with Gasteiger partial charge in [-0.2, -0.15) is 13.2 Å². The number of alkyl halides is 3. The number of ether oxygens (including phenoxy) is 3. The summed E-state index contributed by atoms with van der Waals surface area (Å²) in [6.45, 7) is 2.98. The molecule has 0 aliphatic carbocycles. The summed E-state index contributed by atoms with van der Waals surface area (Å²) in [4.78, 5) is 42.2. The lowest BCUT2D eigenvalue weighted by molar-refractivity contribution is -0.147. The Morgan fingerprint density at radius 2 is 1.61 bits per heavy atom. The van der Waals surface area contributed by atoms with E-state index in [2.05, 4.69) is 10.3 Å². The summed E-state index contributed by atoms with van der Waals surface area (Å²) in [6.07, 6.45) is 3.31. The van der Waals surface area contributed by atoms with E-state index in [0.29, 0.717) is 6.54 Å². The molecule has 230 valence electrons. The summed E-state index contributed by atoms with van der Waals surface area (Å²) in [6, 6.07) is 12.2. The van der Waals surface area contributed by atoms with Gasteiger partial charge in [0, 0.05) is 36.4 Å². The quantitative estimate of drug-likeness (QED) is 0.145. The van der Waals surface area contributed by atoms with Gasteiger partial charge in [0.05, 0.1) is 36.1 Å². The number of benzene rings is 2. The molecule has 1 aliphatic rings. The number of imidazole rings is 1. The number of hydrogen-bond donors (Lipinski definition) is 1. The van der Waals surface area contributed by atoms with E-state index in [1.165, 1.54) is 38.1 Å². The summed E-state index contributed by atoms with van der Waals surface area (Å²) >= 11 is 0. The molecule has 44 heavy (non-hydrogen) atoms. The number of methoxy groups -OCH3 is 1. The third-order valence-corrected chi connectivity index (χ3v) is 6.84. The van der Waals surface area contributed by atoms with Gasteiger partial charge in [-0.05, 0) is 42.7 Å². The molecule has 1 aliphatic heterocycles. The van der Waals surface area contributed by atoms with Crippen LogP contribution in [0.5, 0.6) is 0 Å². The second kappa shape index (κ2) is 13.9. The van der Waals surface area contributed by atoms with Crippen molar-refractivity contribution in [3.63, 3.8) is 0 Å². The van der Waals surface area contributed by atoms with Gasteiger partial charge in [-0.3, -0.25) is 0 Å². The first-order valence-corrected chi connectivity index (χ1v) is 13.5. The third-order valence-electron chi connectivity index (χ3n) is 6.84. The molecule has 9 nitrogen and oxygen atoms in total. The highest BCUT2D eigenvalue weighted by molar-refractivity contribution is 6.00. The zero-order valence-electron chi connectivity index (χ0n) is 24.2. The normalized spacial score (nSPS) is 15.3. The fraction of sp³-hybridized carbons (Fsp3) is 0.250. The average molecular weight is 610 g/mol. The minimum Gasteiger partial charge on any atom is -0.466 e. The predicted octanol–water partition coefficient (Wildman–Crippen LogP) is 5.16. The largest absolute Gasteiger partial charge is 0.466 e. The van der Waals surface area contributed by atoms with E-state index in [9.17, 15) is 27.6 Å². The molecule has 0 spiro atoms. The lowest BCUT2D eigenvalue weighted by Gasteiger charge is -2.31. The Labute approximate surface area is 251 Å². The first-order chi connectivity index (χ1) is 21.0. The second-order valence-electron chi connectivity index (χ2n) is 9.83. The van der Waals surface area contributed by atoms with Gasteiger partial charge in [0.1, 0.15) is 13.2 Å². The molecule has 0 bridgehead atoms. The van der Waals surface area contributed by atoms with Gasteiger partial charge in [0.2, 0.25) is 0 Å². The van der Waals surface area contributed by atoms with Crippen molar-refractivity contribution in [1.29, 1.82) is 0 Å². The molecular weight excluding hydrogens is 579 g/mol. The molecule has 0 amide bonds. The van der Waals surface area contributed by atoms with Crippen LogP contribution < -0.4 is 5.32 Å². The molecule has 4 rings (SSSR count). The zero-order chi connectivity index (χ0) is 31.9. The van der Waals surface area contributed by atoms with Gasteiger partial charge in [0.15, 0.2) is 0 Å². The summed E-state index contributed by atoms with van der Waals surface area (Å²) < 4.78 is 59.1. The summed E-state index contributed by atoms with van der Waals surface area (Å²) in [5.74, 6) is -3.98. The molecule has 0 radical (unpaired) electrons. The van der Waals surface area contributed by atoms with Gasteiger partial charge in [-0.15, -0.1) is 0 Å². The molecule has 2 aromatic carbocycles. The lowest BCUT2D eigenvalue weighted by atomic mass is 9.78. The molecule has 0 saturated carbocycles. The highest BCUT2D eigenvalue weighted by Crippen LogP contribution is 2.44. The fourth-order valence-electron chi connectivity index (χ4n) is 4.85. The number of dihydropyridines is 1. The Morgan fingerprint density at radius 1 is 0.955 bits per heavy atom. The Bertz CT molecular complexity index is 1610. The van der Waals surface area contributed by atoms with Crippen molar-refractivity contribution >= 4 is 24.0 Å². The molecule has 3 aromatic rings. The zero-order valence-corrected chi connectivity index (χ0v) is 24.2. The number of esters is 3. The number of rotatable bonds is 10. The van der Waals surface area contributed by atoms with Gasteiger partial charge < -0.3 is 24.1 Å². The van der Waals surface area contributed by atoms with E-state index in [1.807, 2.05) is 35.0 Å². The van der Waals surface area contributed by atoms with Gasteiger partial charge >= 0.3 is 24.1 Å². The van der Waals surface area contributed by atoms with E-state index in [-0.39, 0.29) is 41.3 Å². The minimum atomic E-state index is -4.76. The Kier molecular flexibility index (Phi) is 10.0. The lowest BCUT2D eigenvalue weighted by Crippen LogP contribution is -2.33. The van der Waals surface area contributed by atoms with Crippen LogP contribution in [0.2, 0.25) is 0 Å². The van der Waals surface area contributed by atoms with Crippen LogP contribution in [-0.4, -0.2) is 47.8 Å². The average Bonchev–Trinajstić information content (AvgIpc) is 3.51. The van der Waals surface area contributed by atoms with Crippen LogP contribution in [0.1, 0.15) is 42.0 Å². The van der Waals surface area contributed by atoms with Crippen LogP contribution in [0.3, 0.4) is 0 Å². The van der Waals surface area contributed by atoms with E-state index in [0.717, 1.165) is 24.3 Å². The first kappa shape index (κ1) is 31.8.